The molecule has 0 fully saturated rings. The molecule has 0 amide bonds. The summed E-state index contributed by atoms with van der Waals surface area (Å²) >= 11 is 0. The van der Waals surface area contributed by atoms with Crippen LogP contribution in [0.15, 0.2) is 158 Å². The van der Waals surface area contributed by atoms with E-state index in [9.17, 15) is 10.5 Å². The van der Waals surface area contributed by atoms with Gasteiger partial charge >= 0.3 is 0 Å². The Morgan fingerprint density at radius 1 is 0.396 bits per heavy atom. The van der Waals surface area contributed by atoms with Crippen molar-refractivity contribution in [1.82, 2.24) is 9.13 Å². The van der Waals surface area contributed by atoms with E-state index in [-0.39, 0.29) is 0 Å². The van der Waals surface area contributed by atoms with Gasteiger partial charge in [0.2, 0.25) is 0 Å². The van der Waals surface area contributed by atoms with E-state index < -0.39 is 0 Å². The molecule has 0 spiro atoms. The minimum atomic E-state index is 0.618. The van der Waals surface area contributed by atoms with Crippen molar-refractivity contribution in [2.24, 2.45) is 0 Å². The molecule has 0 saturated heterocycles. The van der Waals surface area contributed by atoms with Crippen LogP contribution in [0.2, 0.25) is 0 Å². The van der Waals surface area contributed by atoms with Gasteiger partial charge in [-0.25, -0.2) is 0 Å². The molecule has 4 nitrogen and oxygen atoms in total. The smallest absolute Gasteiger partial charge is 0.0998 e. The minimum Gasteiger partial charge on any atom is -0.309 e. The molecule has 7 aromatic carbocycles. The van der Waals surface area contributed by atoms with Crippen molar-refractivity contribution in [3.8, 4) is 45.8 Å². The molecule has 0 aliphatic heterocycles. The maximum Gasteiger partial charge on any atom is 0.0998 e. The highest BCUT2D eigenvalue weighted by molar-refractivity contribution is 6.10. The molecule has 2 aromatic heterocycles. The Balaban J connectivity index is 1.19. The zero-order valence-electron chi connectivity index (χ0n) is 25.8. The third kappa shape index (κ3) is 4.14. The topological polar surface area (TPSA) is 57.4 Å². The lowest BCUT2D eigenvalue weighted by Gasteiger charge is -2.16. The molecule has 0 N–H and O–H groups in total. The number of nitriles is 2. The summed E-state index contributed by atoms with van der Waals surface area (Å²) in [4.78, 5) is 0. The monoisotopic (exact) mass is 610 g/mol. The molecule has 0 saturated carbocycles. The average Bonchev–Trinajstić information content (AvgIpc) is 3.67. The second-order valence-corrected chi connectivity index (χ2v) is 12.0. The van der Waals surface area contributed by atoms with Gasteiger partial charge in [-0.15, -0.1) is 0 Å². The second-order valence-electron chi connectivity index (χ2n) is 12.0. The van der Waals surface area contributed by atoms with Gasteiger partial charge in [-0.1, -0.05) is 97.1 Å². The third-order valence-corrected chi connectivity index (χ3v) is 9.39. The highest BCUT2D eigenvalue weighted by atomic mass is 15.0. The summed E-state index contributed by atoms with van der Waals surface area (Å²) in [6.45, 7) is 0. The molecule has 0 radical (unpaired) electrons. The number of benzene rings is 7. The Labute approximate surface area is 277 Å². The van der Waals surface area contributed by atoms with Gasteiger partial charge in [0.15, 0.2) is 0 Å². The van der Waals surface area contributed by atoms with Crippen LogP contribution in [0.1, 0.15) is 11.1 Å². The van der Waals surface area contributed by atoms with Crippen molar-refractivity contribution in [3.05, 3.63) is 169 Å². The molecular formula is C44H26N4. The number of rotatable bonds is 4. The number of para-hydroxylation sites is 4. The second kappa shape index (κ2) is 10.9. The summed E-state index contributed by atoms with van der Waals surface area (Å²) in [5.41, 5.74) is 11.6. The van der Waals surface area contributed by atoms with Crippen LogP contribution in [0.3, 0.4) is 0 Å². The molecule has 4 heteroatoms. The third-order valence-electron chi connectivity index (χ3n) is 9.39. The SMILES string of the molecule is N#Cc1ccc2c(c1)c1ccccc1n2-c1cccc(-c2ccc(-c3ccccc3-n3c4ccccc4c4ccccc43)c(C#N)c2)c1. The molecular weight excluding hydrogens is 585 g/mol. The largest absolute Gasteiger partial charge is 0.309 e. The molecule has 9 aromatic rings. The van der Waals surface area contributed by atoms with Crippen LogP contribution in [0.5, 0.6) is 0 Å². The zero-order valence-corrected chi connectivity index (χ0v) is 25.8. The van der Waals surface area contributed by atoms with Gasteiger partial charge in [0.25, 0.3) is 0 Å². The Morgan fingerprint density at radius 2 is 1.00 bits per heavy atom. The van der Waals surface area contributed by atoms with E-state index in [0.717, 1.165) is 66.5 Å². The van der Waals surface area contributed by atoms with Crippen LogP contribution >= 0.6 is 0 Å². The lowest BCUT2D eigenvalue weighted by molar-refractivity contribution is 1.18. The maximum absolute atomic E-state index is 10.5. The van der Waals surface area contributed by atoms with Gasteiger partial charge in [0.05, 0.1) is 51.0 Å². The zero-order chi connectivity index (χ0) is 32.2. The van der Waals surface area contributed by atoms with Crippen molar-refractivity contribution in [2.75, 3.05) is 0 Å². The normalized spacial score (nSPS) is 11.3. The van der Waals surface area contributed by atoms with E-state index in [0.29, 0.717) is 11.1 Å². The first-order chi connectivity index (χ1) is 23.7. The maximum atomic E-state index is 10.5. The summed E-state index contributed by atoms with van der Waals surface area (Å²) in [5, 5.41) is 24.6. The Morgan fingerprint density at radius 3 is 1.71 bits per heavy atom. The fourth-order valence-electron chi connectivity index (χ4n) is 7.27. The van der Waals surface area contributed by atoms with Crippen LogP contribution in [0.25, 0.3) is 77.2 Å². The highest BCUT2D eigenvalue weighted by Gasteiger charge is 2.18. The predicted octanol–water partition coefficient (Wildman–Crippen LogP) is 11.0. The molecule has 9 rings (SSSR count). The number of hydrogen-bond acceptors (Lipinski definition) is 2. The van der Waals surface area contributed by atoms with E-state index in [4.69, 9.17) is 0 Å². The molecule has 0 unspecified atom stereocenters. The van der Waals surface area contributed by atoms with Crippen LogP contribution in [0.4, 0.5) is 0 Å². The average molecular weight is 611 g/mol. The van der Waals surface area contributed by atoms with Crippen molar-refractivity contribution in [2.45, 2.75) is 0 Å². The fraction of sp³-hybridized carbons (Fsp3) is 0. The van der Waals surface area contributed by atoms with Crippen LogP contribution < -0.4 is 0 Å². The molecule has 222 valence electrons. The van der Waals surface area contributed by atoms with E-state index in [2.05, 4.69) is 137 Å². The summed E-state index contributed by atoms with van der Waals surface area (Å²) in [7, 11) is 0. The minimum absolute atomic E-state index is 0.618. The summed E-state index contributed by atoms with van der Waals surface area (Å²) < 4.78 is 4.56. The van der Waals surface area contributed by atoms with E-state index in [1.807, 2.05) is 42.5 Å². The summed E-state index contributed by atoms with van der Waals surface area (Å²) in [6.07, 6.45) is 0. The summed E-state index contributed by atoms with van der Waals surface area (Å²) in [5.74, 6) is 0. The van der Waals surface area contributed by atoms with Gasteiger partial charge in [0.1, 0.15) is 0 Å². The van der Waals surface area contributed by atoms with E-state index in [1.54, 1.807) is 0 Å². The van der Waals surface area contributed by atoms with Crippen LogP contribution in [0, 0.1) is 22.7 Å². The first kappa shape index (κ1) is 27.4. The fourth-order valence-corrected chi connectivity index (χ4v) is 7.27. The van der Waals surface area contributed by atoms with E-state index in [1.165, 1.54) is 10.8 Å². The van der Waals surface area contributed by atoms with Gasteiger partial charge in [-0.2, -0.15) is 10.5 Å². The Kier molecular flexibility index (Phi) is 6.22. The van der Waals surface area contributed by atoms with Crippen molar-refractivity contribution >= 4 is 43.6 Å². The molecule has 48 heavy (non-hydrogen) atoms. The quantitative estimate of drug-likeness (QED) is 0.199. The van der Waals surface area contributed by atoms with Gasteiger partial charge in [-0.3, -0.25) is 0 Å². The van der Waals surface area contributed by atoms with Crippen LogP contribution in [-0.2, 0) is 0 Å². The molecule has 0 atom stereocenters. The number of nitrogens with zero attached hydrogens (tertiary/aromatic N) is 4. The van der Waals surface area contributed by atoms with Gasteiger partial charge in [-0.05, 0) is 71.8 Å². The van der Waals surface area contributed by atoms with Gasteiger partial charge in [0, 0.05) is 38.4 Å². The molecule has 2 heterocycles. The lowest BCUT2D eigenvalue weighted by atomic mass is 9.94. The summed E-state index contributed by atoms with van der Waals surface area (Å²) in [6, 6.07) is 58.9. The number of fused-ring (bicyclic) bond motifs is 6. The van der Waals surface area contributed by atoms with E-state index >= 15 is 0 Å². The Hall–Kier alpha value is -6.88. The standard InChI is InChI=1S/C44H26N4/c45-27-29-20-23-44-39(24-29)38-15-4-5-16-40(38)47(44)33-11-9-10-30(26-33)31-21-22-34(32(25-31)28-46)35-12-1-6-17-41(35)48-42-18-7-2-13-36(42)37-14-3-8-19-43(37)48/h1-26H. The number of hydrogen-bond donors (Lipinski definition) is 0. The molecule has 0 bridgehead atoms. The van der Waals surface area contributed by atoms with Crippen LogP contribution in [-0.4, -0.2) is 9.13 Å². The number of aromatic nitrogens is 2. The Bertz CT molecular complexity index is 2760. The van der Waals surface area contributed by atoms with Gasteiger partial charge < -0.3 is 9.13 Å². The first-order valence-electron chi connectivity index (χ1n) is 15.9. The lowest BCUT2D eigenvalue weighted by Crippen LogP contribution is -1.98. The highest BCUT2D eigenvalue weighted by Crippen LogP contribution is 2.39. The molecule has 0 aliphatic carbocycles. The van der Waals surface area contributed by atoms with Crippen molar-refractivity contribution < 1.29 is 0 Å². The predicted molar refractivity (Wildman–Crippen MR) is 195 cm³/mol. The first-order valence-corrected chi connectivity index (χ1v) is 15.9. The van der Waals surface area contributed by atoms with Crippen molar-refractivity contribution in [1.29, 1.82) is 10.5 Å². The molecule has 0 aliphatic rings. The van der Waals surface area contributed by atoms with Crippen molar-refractivity contribution in [3.63, 3.8) is 0 Å².